The molecular formula is C23H20FN3O. The van der Waals surface area contributed by atoms with Crippen molar-refractivity contribution in [2.45, 2.75) is 13.0 Å². The van der Waals surface area contributed by atoms with Crippen molar-refractivity contribution < 1.29 is 9.23 Å². The molecule has 0 amide bonds. The first-order valence-corrected chi connectivity index (χ1v) is 9.37. The predicted octanol–water partition coefficient (Wildman–Crippen LogP) is 5.00. The van der Waals surface area contributed by atoms with Crippen LogP contribution in [0, 0.1) is 18.7 Å². The predicted molar refractivity (Wildman–Crippen MR) is 107 cm³/mol. The summed E-state index contributed by atoms with van der Waals surface area (Å²) >= 11 is 0. The average molecular weight is 373 g/mol. The molecule has 2 aliphatic heterocycles. The average Bonchev–Trinajstić information content (AvgIpc) is 3.27. The van der Waals surface area contributed by atoms with Crippen LogP contribution in [-0.2, 0) is 4.84 Å². The van der Waals surface area contributed by atoms with Gasteiger partial charge in [-0.05, 0) is 60.5 Å². The number of benzene rings is 2. The van der Waals surface area contributed by atoms with E-state index in [0.29, 0.717) is 0 Å². The zero-order valence-electron chi connectivity index (χ0n) is 15.5. The molecule has 1 saturated heterocycles. The van der Waals surface area contributed by atoms with E-state index in [1.807, 2.05) is 47.9 Å². The number of hydrogen-bond acceptors (Lipinski definition) is 4. The van der Waals surface area contributed by atoms with Crippen LogP contribution in [0.5, 0.6) is 0 Å². The first-order valence-electron chi connectivity index (χ1n) is 9.37. The lowest BCUT2D eigenvalue weighted by Crippen LogP contribution is -2.29. The van der Waals surface area contributed by atoms with Gasteiger partial charge in [0, 0.05) is 30.8 Å². The van der Waals surface area contributed by atoms with Crippen molar-refractivity contribution in [3.05, 3.63) is 102 Å². The van der Waals surface area contributed by atoms with Crippen molar-refractivity contribution in [3.63, 3.8) is 0 Å². The second-order valence-electron chi connectivity index (χ2n) is 7.20. The molecule has 0 spiro atoms. The summed E-state index contributed by atoms with van der Waals surface area (Å²) in [4.78, 5) is 12.6. The molecule has 0 aliphatic carbocycles. The van der Waals surface area contributed by atoms with Gasteiger partial charge in [0.2, 0.25) is 0 Å². The lowest BCUT2D eigenvalue weighted by Gasteiger charge is -2.29. The minimum Gasteiger partial charge on any atom is -0.381 e. The van der Waals surface area contributed by atoms with E-state index in [1.165, 1.54) is 12.1 Å². The number of aryl methyl sites for hydroxylation is 1. The van der Waals surface area contributed by atoms with Crippen molar-refractivity contribution in [1.29, 1.82) is 0 Å². The standard InChI is InChI=1S/C23H20FN3O/c1-16-4-2-3-5-21(16)27-23(17-10-12-25-13-11-17)20-14-26(15-22(20)28-27)19-8-6-18(24)7-9-19/h2-13,15,20,23H,14H2,1H3. The number of fused-ring (bicyclic) bond motifs is 1. The van der Waals surface area contributed by atoms with Gasteiger partial charge in [-0.3, -0.25) is 4.98 Å². The fourth-order valence-electron chi connectivity index (χ4n) is 4.03. The highest BCUT2D eigenvalue weighted by atomic mass is 19.1. The van der Waals surface area contributed by atoms with Crippen LogP contribution >= 0.6 is 0 Å². The number of pyridine rings is 1. The van der Waals surface area contributed by atoms with E-state index >= 15 is 0 Å². The highest BCUT2D eigenvalue weighted by Gasteiger charge is 2.46. The smallest absolute Gasteiger partial charge is 0.155 e. The van der Waals surface area contributed by atoms with E-state index in [9.17, 15) is 4.39 Å². The summed E-state index contributed by atoms with van der Waals surface area (Å²) in [6, 6.07) is 19.0. The molecule has 0 bridgehead atoms. The molecule has 2 unspecified atom stereocenters. The molecule has 0 radical (unpaired) electrons. The Balaban J connectivity index is 1.54. The molecule has 140 valence electrons. The zero-order chi connectivity index (χ0) is 19.1. The molecule has 2 aromatic carbocycles. The van der Waals surface area contributed by atoms with Gasteiger partial charge < -0.3 is 9.74 Å². The summed E-state index contributed by atoms with van der Waals surface area (Å²) in [5.74, 6) is 0.869. The number of hydroxylamine groups is 1. The van der Waals surface area contributed by atoms with E-state index in [2.05, 4.69) is 28.9 Å². The van der Waals surface area contributed by atoms with E-state index < -0.39 is 0 Å². The lowest BCUT2D eigenvalue weighted by molar-refractivity contribution is 0.213. The topological polar surface area (TPSA) is 28.6 Å². The molecule has 1 aromatic heterocycles. The van der Waals surface area contributed by atoms with E-state index in [-0.39, 0.29) is 17.8 Å². The van der Waals surface area contributed by atoms with E-state index in [1.54, 1.807) is 12.1 Å². The highest BCUT2D eigenvalue weighted by molar-refractivity contribution is 5.58. The molecule has 0 N–H and O–H groups in total. The largest absolute Gasteiger partial charge is 0.381 e. The Labute approximate surface area is 163 Å². The van der Waals surface area contributed by atoms with Crippen LogP contribution in [0.15, 0.2) is 85.0 Å². The van der Waals surface area contributed by atoms with Crippen LogP contribution in [0.25, 0.3) is 0 Å². The number of rotatable bonds is 3. The molecule has 3 aromatic rings. The number of aromatic nitrogens is 1. The Morgan fingerprint density at radius 1 is 1.00 bits per heavy atom. The maximum Gasteiger partial charge on any atom is 0.155 e. The number of hydrogen-bond donors (Lipinski definition) is 0. The summed E-state index contributed by atoms with van der Waals surface area (Å²) in [7, 11) is 0. The second-order valence-corrected chi connectivity index (χ2v) is 7.20. The SMILES string of the molecule is Cc1ccccc1N1OC2=CN(c3ccc(F)cc3)CC2C1c1ccncc1. The Kier molecular flexibility index (Phi) is 4.01. The molecule has 0 saturated carbocycles. The second kappa shape index (κ2) is 6.68. The minimum absolute atomic E-state index is 0.0424. The summed E-state index contributed by atoms with van der Waals surface area (Å²) in [6.07, 6.45) is 5.67. The van der Waals surface area contributed by atoms with Gasteiger partial charge in [-0.25, -0.2) is 9.45 Å². The third kappa shape index (κ3) is 2.80. The fraction of sp³-hybridized carbons (Fsp3) is 0.174. The van der Waals surface area contributed by atoms with Crippen LogP contribution < -0.4 is 9.96 Å². The molecule has 28 heavy (non-hydrogen) atoms. The lowest BCUT2D eigenvalue weighted by atomic mass is 9.93. The van der Waals surface area contributed by atoms with Gasteiger partial charge >= 0.3 is 0 Å². The third-order valence-electron chi connectivity index (χ3n) is 5.44. The first kappa shape index (κ1) is 16.8. The number of para-hydroxylation sites is 1. The molecule has 3 heterocycles. The van der Waals surface area contributed by atoms with Gasteiger partial charge in [-0.15, -0.1) is 0 Å². The Morgan fingerprint density at radius 3 is 2.50 bits per heavy atom. The van der Waals surface area contributed by atoms with Crippen molar-refractivity contribution >= 4 is 11.4 Å². The third-order valence-corrected chi connectivity index (χ3v) is 5.44. The van der Waals surface area contributed by atoms with Gasteiger partial charge in [-0.1, -0.05) is 18.2 Å². The van der Waals surface area contributed by atoms with E-state index in [0.717, 1.165) is 34.8 Å². The van der Waals surface area contributed by atoms with Gasteiger partial charge in [-0.2, -0.15) is 0 Å². The minimum atomic E-state index is -0.229. The maximum atomic E-state index is 13.3. The first-order chi connectivity index (χ1) is 13.7. The molecular weight excluding hydrogens is 353 g/mol. The zero-order valence-corrected chi connectivity index (χ0v) is 15.5. The van der Waals surface area contributed by atoms with Gasteiger partial charge in [0.15, 0.2) is 5.76 Å². The maximum absolute atomic E-state index is 13.3. The van der Waals surface area contributed by atoms with Crippen molar-refractivity contribution in [2.24, 2.45) is 5.92 Å². The summed E-state index contributed by atoms with van der Waals surface area (Å²) < 4.78 is 13.3. The van der Waals surface area contributed by atoms with Crippen LogP contribution in [0.2, 0.25) is 0 Å². The fourth-order valence-corrected chi connectivity index (χ4v) is 4.03. The number of anilines is 2. The summed E-state index contributed by atoms with van der Waals surface area (Å²) in [6.45, 7) is 2.87. The monoisotopic (exact) mass is 373 g/mol. The van der Waals surface area contributed by atoms with Gasteiger partial charge in [0.25, 0.3) is 0 Å². The highest BCUT2D eigenvalue weighted by Crippen LogP contribution is 2.48. The van der Waals surface area contributed by atoms with Gasteiger partial charge in [0.1, 0.15) is 11.9 Å². The van der Waals surface area contributed by atoms with E-state index in [4.69, 9.17) is 4.84 Å². The quantitative estimate of drug-likeness (QED) is 0.646. The van der Waals surface area contributed by atoms with Crippen molar-refractivity contribution in [1.82, 2.24) is 4.98 Å². The molecule has 5 rings (SSSR count). The molecule has 2 aliphatic rings. The Morgan fingerprint density at radius 2 is 1.75 bits per heavy atom. The van der Waals surface area contributed by atoms with Crippen LogP contribution in [0.4, 0.5) is 15.8 Å². The summed E-state index contributed by atoms with van der Waals surface area (Å²) in [5, 5.41) is 2.02. The molecule has 4 nitrogen and oxygen atoms in total. The van der Waals surface area contributed by atoms with Crippen molar-refractivity contribution in [3.8, 4) is 0 Å². The normalized spacial score (nSPS) is 20.7. The summed E-state index contributed by atoms with van der Waals surface area (Å²) in [5.41, 5.74) is 4.35. The molecule has 5 heteroatoms. The Bertz CT molecular complexity index is 1020. The molecule has 2 atom stereocenters. The van der Waals surface area contributed by atoms with Gasteiger partial charge in [0.05, 0.1) is 11.6 Å². The Hall–Kier alpha value is -3.34. The van der Waals surface area contributed by atoms with Crippen LogP contribution in [0.1, 0.15) is 17.2 Å². The number of nitrogens with zero attached hydrogens (tertiary/aromatic N) is 3. The molecule has 1 fully saturated rings. The van der Waals surface area contributed by atoms with Crippen molar-refractivity contribution in [2.75, 3.05) is 16.5 Å². The number of halogens is 1. The van der Waals surface area contributed by atoms with Crippen LogP contribution in [0.3, 0.4) is 0 Å². The van der Waals surface area contributed by atoms with Crippen LogP contribution in [-0.4, -0.2) is 11.5 Å².